The lowest BCUT2D eigenvalue weighted by molar-refractivity contribution is 0.0904. The number of hydrogen-bond acceptors (Lipinski definition) is 6. The molecule has 1 aliphatic rings. The molecule has 0 atom stereocenters. The van der Waals surface area contributed by atoms with E-state index >= 15 is 0 Å². The van der Waals surface area contributed by atoms with Gasteiger partial charge in [0, 0.05) is 66.3 Å². The van der Waals surface area contributed by atoms with Gasteiger partial charge in [-0.25, -0.2) is 9.67 Å². The van der Waals surface area contributed by atoms with E-state index in [0.717, 1.165) is 77.2 Å². The molecule has 0 aliphatic carbocycles. The highest BCUT2D eigenvalue weighted by atomic mass is 35.5. The van der Waals surface area contributed by atoms with Gasteiger partial charge in [-0.15, -0.1) is 0 Å². The SMILES string of the molecule is Bc1cc(CNC(=O)c2cc(C)cc(C(=O)NCc3c(CC)nc4c(cnn4CC)c3NC3CCOCC3)c2)ccc1Cl. The van der Waals surface area contributed by atoms with Crippen molar-refractivity contribution in [1.82, 2.24) is 25.4 Å². The van der Waals surface area contributed by atoms with Crippen molar-refractivity contribution in [3.8, 4) is 0 Å². The first kappa shape index (κ1) is 30.6. The molecule has 0 bridgehead atoms. The molecule has 43 heavy (non-hydrogen) atoms. The van der Waals surface area contributed by atoms with Crippen molar-refractivity contribution in [2.24, 2.45) is 0 Å². The van der Waals surface area contributed by atoms with E-state index in [9.17, 15) is 9.59 Å². The molecule has 3 N–H and O–H groups in total. The number of anilines is 1. The second-order valence-electron chi connectivity index (χ2n) is 11.0. The minimum atomic E-state index is -0.255. The monoisotopic (exact) mass is 600 g/mol. The number of nitrogens with zero attached hydrogens (tertiary/aromatic N) is 3. The predicted octanol–water partition coefficient (Wildman–Crippen LogP) is 3.68. The number of rotatable bonds is 10. The molecule has 2 aromatic heterocycles. The van der Waals surface area contributed by atoms with Crippen LogP contribution < -0.4 is 21.4 Å². The molecule has 9 nitrogen and oxygen atoms in total. The molecule has 4 aromatic rings. The number of aromatic nitrogens is 3. The minimum absolute atomic E-state index is 0.246. The molecule has 1 fully saturated rings. The second-order valence-corrected chi connectivity index (χ2v) is 11.4. The van der Waals surface area contributed by atoms with Gasteiger partial charge in [0.25, 0.3) is 11.8 Å². The molecule has 5 rings (SSSR count). The molecule has 2 aromatic carbocycles. The lowest BCUT2D eigenvalue weighted by Gasteiger charge is -2.26. The Bertz CT molecular complexity index is 1650. The highest BCUT2D eigenvalue weighted by Gasteiger charge is 2.22. The summed E-state index contributed by atoms with van der Waals surface area (Å²) in [5.41, 5.74) is 7.27. The van der Waals surface area contributed by atoms with Crippen LogP contribution in [0.1, 0.15) is 69.8 Å². The smallest absolute Gasteiger partial charge is 0.251 e. The number of amides is 2. The average molecular weight is 601 g/mol. The van der Waals surface area contributed by atoms with Crippen LogP contribution in [0.3, 0.4) is 0 Å². The number of ether oxygens (including phenoxy) is 1. The molecule has 11 heteroatoms. The van der Waals surface area contributed by atoms with E-state index in [1.807, 2.05) is 43.8 Å². The van der Waals surface area contributed by atoms with Crippen LogP contribution in [-0.2, 0) is 30.8 Å². The molecule has 3 heterocycles. The van der Waals surface area contributed by atoms with E-state index in [2.05, 4.69) is 34.9 Å². The maximum Gasteiger partial charge on any atom is 0.251 e. The largest absolute Gasteiger partial charge is 0.381 e. The lowest BCUT2D eigenvalue weighted by atomic mass is 9.94. The zero-order valence-corrected chi connectivity index (χ0v) is 26.0. The maximum atomic E-state index is 13.5. The summed E-state index contributed by atoms with van der Waals surface area (Å²) in [5, 5.41) is 16.0. The number of carbonyl (C=O) groups is 2. The number of benzene rings is 2. The average Bonchev–Trinajstić information content (AvgIpc) is 3.43. The van der Waals surface area contributed by atoms with E-state index in [0.29, 0.717) is 35.7 Å². The molecular formula is C32H38BClN6O3. The van der Waals surface area contributed by atoms with Crippen LogP contribution >= 0.6 is 11.6 Å². The Morgan fingerprint density at radius 1 is 1.05 bits per heavy atom. The van der Waals surface area contributed by atoms with Crippen molar-refractivity contribution >= 4 is 53.4 Å². The van der Waals surface area contributed by atoms with Crippen LogP contribution in [-0.4, -0.2) is 53.7 Å². The van der Waals surface area contributed by atoms with E-state index < -0.39 is 0 Å². The molecule has 0 saturated carbocycles. The Hall–Kier alpha value is -3.89. The molecule has 0 radical (unpaired) electrons. The van der Waals surface area contributed by atoms with Gasteiger partial charge in [0.1, 0.15) is 7.85 Å². The summed E-state index contributed by atoms with van der Waals surface area (Å²) in [6.07, 6.45) is 4.38. The summed E-state index contributed by atoms with van der Waals surface area (Å²) in [6, 6.07) is 11.1. The molecule has 2 amide bonds. The highest BCUT2D eigenvalue weighted by molar-refractivity contribution is 6.45. The molecule has 1 aliphatic heterocycles. The first-order chi connectivity index (χ1) is 20.8. The van der Waals surface area contributed by atoms with Crippen molar-refractivity contribution in [1.29, 1.82) is 0 Å². The van der Waals surface area contributed by atoms with Crippen molar-refractivity contribution in [2.75, 3.05) is 18.5 Å². The number of aryl methyl sites for hydroxylation is 3. The van der Waals surface area contributed by atoms with Gasteiger partial charge < -0.3 is 20.7 Å². The van der Waals surface area contributed by atoms with Crippen LogP contribution in [0.4, 0.5) is 5.69 Å². The Balaban J connectivity index is 1.36. The Morgan fingerprint density at radius 3 is 2.40 bits per heavy atom. The fourth-order valence-corrected chi connectivity index (χ4v) is 5.64. The third-order valence-electron chi connectivity index (χ3n) is 7.88. The summed E-state index contributed by atoms with van der Waals surface area (Å²) in [5.74, 6) is -0.501. The fourth-order valence-electron chi connectivity index (χ4n) is 5.52. The van der Waals surface area contributed by atoms with E-state index in [-0.39, 0.29) is 17.9 Å². The van der Waals surface area contributed by atoms with Crippen molar-refractivity contribution in [3.63, 3.8) is 0 Å². The lowest BCUT2D eigenvalue weighted by Crippen LogP contribution is -2.30. The summed E-state index contributed by atoms with van der Waals surface area (Å²) < 4.78 is 7.48. The number of pyridine rings is 1. The third-order valence-corrected chi connectivity index (χ3v) is 8.30. The normalized spacial score (nSPS) is 13.7. The zero-order valence-electron chi connectivity index (χ0n) is 25.2. The van der Waals surface area contributed by atoms with Gasteiger partial charge >= 0.3 is 0 Å². The van der Waals surface area contributed by atoms with Gasteiger partial charge in [-0.05, 0) is 68.5 Å². The number of carbonyl (C=O) groups excluding carboxylic acids is 2. The van der Waals surface area contributed by atoms with Gasteiger partial charge in [-0.3, -0.25) is 9.59 Å². The summed E-state index contributed by atoms with van der Waals surface area (Å²) in [7, 11) is 1.93. The predicted molar refractivity (Wildman–Crippen MR) is 173 cm³/mol. The highest BCUT2D eigenvalue weighted by Crippen LogP contribution is 2.31. The Labute approximate surface area is 258 Å². The third kappa shape index (κ3) is 7.03. The molecule has 0 spiro atoms. The maximum absolute atomic E-state index is 13.5. The quantitative estimate of drug-likeness (QED) is 0.240. The fraction of sp³-hybridized carbons (Fsp3) is 0.375. The van der Waals surface area contributed by atoms with Gasteiger partial charge in [-0.1, -0.05) is 36.1 Å². The zero-order chi connectivity index (χ0) is 30.5. The van der Waals surface area contributed by atoms with Crippen LogP contribution in [0, 0.1) is 6.92 Å². The molecule has 224 valence electrons. The van der Waals surface area contributed by atoms with Crippen molar-refractivity contribution in [2.45, 2.75) is 65.7 Å². The van der Waals surface area contributed by atoms with Gasteiger partial charge in [0.05, 0.1) is 17.3 Å². The van der Waals surface area contributed by atoms with Crippen molar-refractivity contribution < 1.29 is 14.3 Å². The second kappa shape index (κ2) is 13.6. The van der Waals surface area contributed by atoms with E-state index in [1.54, 1.807) is 18.2 Å². The molecule has 0 unspecified atom stereocenters. The summed E-state index contributed by atoms with van der Waals surface area (Å²) in [6.45, 7) is 8.80. The topological polar surface area (TPSA) is 110 Å². The number of hydrogen-bond donors (Lipinski definition) is 3. The summed E-state index contributed by atoms with van der Waals surface area (Å²) >= 11 is 6.13. The minimum Gasteiger partial charge on any atom is -0.381 e. The van der Waals surface area contributed by atoms with Crippen LogP contribution in [0.2, 0.25) is 5.02 Å². The van der Waals surface area contributed by atoms with Gasteiger partial charge in [-0.2, -0.15) is 5.10 Å². The Morgan fingerprint density at radius 2 is 1.74 bits per heavy atom. The van der Waals surface area contributed by atoms with Crippen LogP contribution in [0.5, 0.6) is 0 Å². The standard InChI is InChI=1S/C32H38BClN6O3/c1-4-28-24(29(38-23-8-10-43-11-9-23)25-18-37-40(5-2)30(25)39-28)17-36-32(42)22-13-19(3)12-21(15-22)31(41)35-16-20-6-7-27(34)26(33)14-20/h6-7,12-15,18,23H,4-5,8-11,16-17,33H2,1-3H3,(H,35,41)(H,36,42)(H,38,39). The summed E-state index contributed by atoms with van der Waals surface area (Å²) in [4.78, 5) is 31.5. The van der Waals surface area contributed by atoms with E-state index in [1.165, 1.54) is 0 Å². The van der Waals surface area contributed by atoms with Crippen LogP contribution in [0.15, 0.2) is 42.6 Å². The van der Waals surface area contributed by atoms with E-state index in [4.69, 9.17) is 21.3 Å². The first-order valence-electron chi connectivity index (χ1n) is 14.9. The van der Waals surface area contributed by atoms with Gasteiger partial charge in [0.2, 0.25) is 0 Å². The first-order valence-corrected chi connectivity index (χ1v) is 15.3. The number of fused-ring (bicyclic) bond motifs is 1. The Kier molecular flexibility index (Phi) is 9.67. The van der Waals surface area contributed by atoms with Gasteiger partial charge in [0.15, 0.2) is 5.65 Å². The molecule has 1 saturated heterocycles. The molecular weight excluding hydrogens is 563 g/mol. The number of halogens is 1. The van der Waals surface area contributed by atoms with Crippen molar-refractivity contribution in [3.05, 3.63) is 81.1 Å². The number of nitrogens with one attached hydrogen (secondary N) is 3. The van der Waals surface area contributed by atoms with Crippen LogP contribution in [0.25, 0.3) is 11.0 Å².